The van der Waals surface area contributed by atoms with Gasteiger partial charge in [0.05, 0.1) is 17.7 Å². The SMILES string of the molecule is Cc1cncc(C(=O)N2CCCC(COc3ccccc3C(=O)NC(C)C)C2)c1. The molecule has 1 atom stereocenters. The number of pyridine rings is 1. The largest absolute Gasteiger partial charge is 0.492 e. The van der Waals surface area contributed by atoms with Gasteiger partial charge in [-0.2, -0.15) is 0 Å². The van der Waals surface area contributed by atoms with Gasteiger partial charge in [0, 0.05) is 37.4 Å². The van der Waals surface area contributed by atoms with E-state index < -0.39 is 0 Å². The van der Waals surface area contributed by atoms with Crippen LogP contribution in [0, 0.1) is 12.8 Å². The summed E-state index contributed by atoms with van der Waals surface area (Å²) in [6.45, 7) is 7.66. The summed E-state index contributed by atoms with van der Waals surface area (Å²) in [5, 5.41) is 2.90. The predicted molar refractivity (Wildman–Crippen MR) is 112 cm³/mol. The minimum Gasteiger partial charge on any atom is -0.492 e. The van der Waals surface area contributed by atoms with Crippen LogP contribution in [0.25, 0.3) is 0 Å². The Morgan fingerprint density at radius 3 is 2.83 bits per heavy atom. The smallest absolute Gasteiger partial charge is 0.255 e. The lowest BCUT2D eigenvalue weighted by molar-refractivity contribution is 0.0632. The van der Waals surface area contributed by atoms with Crippen molar-refractivity contribution in [2.45, 2.75) is 39.7 Å². The topological polar surface area (TPSA) is 71.5 Å². The Balaban J connectivity index is 1.62. The first kappa shape index (κ1) is 20.8. The molecule has 0 saturated carbocycles. The van der Waals surface area contributed by atoms with Gasteiger partial charge in [0.2, 0.25) is 0 Å². The molecule has 2 aromatic rings. The lowest BCUT2D eigenvalue weighted by Crippen LogP contribution is -2.41. The number of nitrogens with zero attached hydrogens (tertiary/aromatic N) is 2. The van der Waals surface area contributed by atoms with Crippen molar-refractivity contribution in [3.05, 3.63) is 59.4 Å². The van der Waals surface area contributed by atoms with Crippen LogP contribution in [0.15, 0.2) is 42.7 Å². The van der Waals surface area contributed by atoms with E-state index in [1.807, 2.05) is 49.9 Å². The highest BCUT2D eigenvalue weighted by Gasteiger charge is 2.25. The number of carbonyl (C=O) groups is 2. The average Bonchev–Trinajstić information content (AvgIpc) is 2.71. The molecule has 0 spiro atoms. The number of piperidine rings is 1. The molecule has 1 aromatic heterocycles. The molecule has 3 rings (SSSR count). The first-order chi connectivity index (χ1) is 13.9. The van der Waals surface area contributed by atoms with Gasteiger partial charge in [-0.25, -0.2) is 0 Å². The zero-order valence-electron chi connectivity index (χ0n) is 17.4. The quantitative estimate of drug-likeness (QED) is 0.813. The molecule has 2 amide bonds. The lowest BCUT2D eigenvalue weighted by Gasteiger charge is -2.32. The van der Waals surface area contributed by atoms with Crippen molar-refractivity contribution in [3.63, 3.8) is 0 Å². The summed E-state index contributed by atoms with van der Waals surface area (Å²) in [4.78, 5) is 31.2. The maximum atomic E-state index is 12.8. The second kappa shape index (κ2) is 9.54. The van der Waals surface area contributed by atoms with Crippen molar-refractivity contribution in [1.82, 2.24) is 15.2 Å². The van der Waals surface area contributed by atoms with E-state index in [1.54, 1.807) is 18.5 Å². The Labute approximate surface area is 172 Å². The molecule has 29 heavy (non-hydrogen) atoms. The van der Waals surface area contributed by atoms with Gasteiger partial charge in [-0.15, -0.1) is 0 Å². The molecular formula is C23H29N3O3. The van der Waals surface area contributed by atoms with E-state index in [0.29, 0.717) is 30.0 Å². The van der Waals surface area contributed by atoms with Crippen molar-refractivity contribution in [2.75, 3.05) is 19.7 Å². The second-order valence-corrected chi connectivity index (χ2v) is 7.95. The average molecular weight is 396 g/mol. The van der Waals surface area contributed by atoms with Crippen molar-refractivity contribution in [1.29, 1.82) is 0 Å². The number of likely N-dealkylation sites (tertiary alicyclic amines) is 1. The Morgan fingerprint density at radius 1 is 1.28 bits per heavy atom. The predicted octanol–water partition coefficient (Wildman–Crippen LogP) is 3.46. The molecule has 6 heteroatoms. The summed E-state index contributed by atoms with van der Waals surface area (Å²) < 4.78 is 6.02. The molecule has 6 nitrogen and oxygen atoms in total. The van der Waals surface area contributed by atoms with Crippen LogP contribution >= 0.6 is 0 Å². The molecule has 0 bridgehead atoms. The van der Waals surface area contributed by atoms with E-state index in [4.69, 9.17) is 4.74 Å². The maximum absolute atomic E-state index is 12.8. The summed E-state index contributed by atoms with van der Waals surface area (Å²) in [6, 6.07) is 9.22. The fourth-order valence-corrected chi connectivity index (χ4v) is 3.57. The lowest BCUT2D eigenvalue weighted by atomic mass is 9.98. The number of amides is 2. The number of ether oxygens (including phenoxy) is 1. The van der Waals surface area contributed by atoms with Crippen LogP contribution in [0.2, 0.25) is 0 Å². The van der Waals surface area contributed by atoms with Gasteiger partial charge in [0.1, 0.15) is 5.75 Å². The zero-order valence-corrected chi connectivity index (χ0v) is 17.4. The zero-order chi connectivity index (χ0) is 20.8. The number of carbonyl (C=O) groups excluding carboxylic acids is 2. The number of nitrogens with one attached hydrogen (secondary N) is 1. The Hall–Kier alpha value is -2.89. The third-order valence-electron chi connectivity index (χ3n) is 4.95. The number of aromatic nitrogens is 1. The molecule has 2 heterocycles. The Bertz CT molecular complexity index is 866. The summed E-state index contributed by atoms with van der Waals surface area (Å²) >= 11 is 0. The highest BCUT2D eigenvalue weighted by atomic mass is 16.5. The van der Waals surface area contributed by atoms with Crippen molar-refractivity contribution in [3.8, 4) is 5.75 Å². The van der Waals surface area contributed by atoms with Gasteiger partial charge in [0.25, 0.3) is 11.8 Å². The molecule has 1 aliphatic heterocycles. The minimum atomic E-state index is -0.136. The summed E-state index contributed by atoms with van der Waals surface area (Å²) in [7, 11) is 0. The number of rotatable bonds is 6. The number of benzene rings is 1. The summed E-state index contributed by atoms with van der Waals surface area (Å²) in [5.41, 5.74) is 2.14. The molecule has 0 aliphatic carbocycles. The summed E-state index contributed by atoms with van der Waals surface area (Å²) in [6.07, 6.45) is 5.31. The number of hydrogen-bond donors (Lipinski definition) is 1. The third kappa shape index (κ3) is 5.56. The molecule has 1 unspecified atom stereocenters. The van der Waals surface area contributed by atoms with E-state index in [-0.39, 0.29) is 23.8 Å². The van der Waals surface area contributed by atoms with Crippen LogP contribution in [0.3, 0.4) is 0 Å². The Morgan fingerprint density at radius 2 is 2.07 bits per heavy atom. The van der Waals surface area contributed by atoms with Crippen LogP contribution in [0.1, 0.15) is 53.0 Å². The first-order valence-electron chi connectivity index (χ1n) is 10.2. The van der Waals surface area contributed by atoms with Gasteiger partial charge < -0.3 is 15.0 Å². The molecule has 1 aliphatic rings. The number of aryl methyl sites for hydroxylation is 1. The molecule has 0 radical (unpaired) electrons. The number of para-hydroxylation sites is 1. The molecule has 1 fully saturated rings. The highest BCUT2D eigenvalue weighted by Crippen LogP contribution is 2.23. The van der Waals surface area contributed by atoms with Crippen molar-refractivity contribution in [2.24, 2.45) is 5.92 Å². The van der Waals surface area contributed by atoms with E-state index >= 15 is 0 Å². The normalized spacial score (nSPS) is 16.6. The van der Waals surface area contributed by atoms with Crippen LogP contribution in [-0.4, -0.2) is 47.4 Å². The standard InChI is InChI=1S/C23H29N3O3/c1-16(2)25-22(27)20-8-4-5-9-21(20)29-15-18-7-6-10-26(14-18)23(28)19-11-17(3)12-24-13-19/h4-5,8-9,11-13,16,18H,6-7,10,14-15H2,1-3H3,(H,25,27). The number of hydrogen-bond acceptors (Lipinski definition) is 4. The van der Waals surface area contributed by atoms with E-state index in [9.17, 15) is 9.59 Å². The van der Waals surface area contributed by atoms with Gasteiger partial charge in [0.15, 0.2) is 0 Å². The van der Waals surface area contributed by atoms with Gasteiger partial charge in [-0.1, -0.05) is 12.1 Å². The van der Waals surface area contributed by atoms with Gasteiger partial charge in [-0.3, -0.25) is 14.6 Å². The fourth-order valence-electron chi connectivity index (χ4n) is 3.57. The Kier molecular flexibility index (Phi) is 6.86. The maximum Gasteiger partial charge on any atom is 0.255 e. The van der Waals surface area contributed by atoms with E-state index in [1.165, 1.54) is 0 Å². The molecular weight excluding hydrogens is 366 g/mol. The van der Waals surface area contributed by atoms with E-state index in [2.05, 4.69) is 10.3 Å². The van der Waals surface area contributed by atoms with Crippen LogP contribution in [-0.2, 0) is 0 Å². The van der Waals surface area contributed by atoms with Gasteiger partial charge in [-0.05, 0) is 57.4 Å². The molecule has 1 aromatic carbocycles. The molecule has 1 N–H and O–H groups in total. The molecule has 154 valence electrons. The molecule has 1 saturated heterocycles. The fraction of sp³-hybridized carbons (Fsp3) is 0.435. The van der Waals surface area contributed by atoms with Crippen LogP contribution in [0.4, 0.5) is 0 Å². The van der Waals surface area contributed by atoms with Crippen LogP contribution < -0.4 is 10.1 Å². The first-order valence-corrected chi connectivity index (χ1v) is 10.2. The van der Waals surface area contributed by atoms with Crippen LogP contribution in [0.5, 0.6) is 5.75 Å². The van der Waals surface area contributed by atoms with Crippen molar-refractivity contribution < 1.29 is 14.3 Å². The van der Waals surface area contributed by atoms with E-state index in [0.717, 1.165) is 24.9 Å². The second-order valence-electron chi connectivity index (χ2n) is 7.95. The van der Waals surface area contributed by atoms with Crippen molar-refractivity contribution >= 4 is 11.8 Å². The minimum absolute atomic E-state index is 0.0163. The monoisotopic (exact) mass is 395 g/mol. The van der Waals surface area contributed by atoms with Gasteiger partial charge >= 0.3 is 0 Å². The third-order valence-corrected chi connectivity index (χ3v) is 4.95. The highest BCUT2D eigenvalue weighted by molar-refractivity contribution is 5.97. The summed E-state index contributed by atoms with van der Waals surface area (Å²) in [5.74, 6) is 0.689.